The van der Waals surface area contributed by atoms with E-state index in [1.807, 2.05) is 4.90 Å². The maximum Gasteiger partial charge on any atom is 0.255 e. The van der Waals surface area contributed by atoms with Gasteiger partial charge in [-0.25, -0.2) is 4.98 Å². The minimum Gasteiger partial charge on any atom is -0.345 e. The van der Waals surface area contributed by atoms with Crippen molar-refractivity contribution in [1.29, 1.82) is 0 Å². The van der Waals surface area contributed by atoms with Gasteiger partial charge in [-0.15, -0.1) is 0 Å². The van der Waals surface area contributed by atoms with Crippen LogP contribution < -0.4 is 5.32 Å². The molecular weight excluding hydrogens is 388 g/mol. The van der Waals surface area contributed by atoms with Crippen molar-refractivity contribution in [3.05, 3.63) is 53.7 Å². The Morgan fingerprint density at radius 3 is 2.28 bits per heavy atom. The van der Waals surface area contributed by atoms with Crippen LogP contribution in [-0.2, 0) is 4.79 Å². The van der Waals surface area contributed by atoms with E-state index in [1.54, 1.807) is 56.7 Å². The Morgan fingerprint density at radius 2 is 1.69 bits per heavy atom. The average molecular weight is 413 g/mol. The highest BCUT2D eigenvalue weighted by Crippen LogP contribution is 2.18. The molecule has 3 amide bonds. The lowest BCUT2D eigenvalue weighted by atomic mass is 10.2. The molecule has 2 aromatic rings. The van der Waals surface area contributed by atoms with E-state index in [9.17, 15) is 14.4 Å². The van der Waals surface area contributed by atoms with E-state index in [-0.39, 0.29) is 23.5 Å². The van der Waals surface area contributed by atoms with Crippen molar-refractivity contribution in [2.24, 2.45) is 0 Å². The van der Waals surface area contributed by atoms with E-state index < -0.39 is 0 Å². The molecule has 1 aliphatic heterocycles. The van der Waals surface area contributed by atoms with Crippen LogP contribution in [0.3, 0.4) is 0 Å². The number of likely N-dealkylation sites (tertiary alicyclic amines) is 1. The molecule has 8 heteroatoms. The van der Waals surface area contributed by atoms with E-state index in [2.05, 4.69) is 10.3 Å². The normalized spacial score (nSPS) is 13.2. The number of rotatable bonds is 6. The predicted molar refractivity (Wildman–Crippen MR) is 113 cm³/mol. The summed E-state index contributed by atoms with van der Waals surface area (Å²) in [6.45, 7) is 1.61. The van der Waals surface area contributed by atoms with Gasteiger partial charge in [-0.2, -0.15) is 0 Å². The summed E-state index contributed by atoms with van der Waals surface area (Å²) in [7, 11) is 3.39. The fourth-order valence-corrected chi connectivity index (χ4v) is 3.63. The number of aromatic nitrogens is 1. The van der Waals surface area contributed by atoms with Crippen LogP contribution in [0, 0.1) is 0 Å². The molecule has 152 valence electrons. The van der Waals surface area contributed by atoms with E-state index in [0.29, 0.717) is 21.8 Å². The predicted octanol–water partition coefficient (Wildman–Crippen LogP) is 2.75. The Kier molecular flexibility index (Phi) is 6.87. The highest BCUT2D eigenvalue weighted by molar-refractivity contribution is 7.99. The molecule has 0 radical (unpaired) electrons. The second-order valence-corrected chi connectivity index (χ2v) is 7.99. The van der Waals surface area contributed by atoms with Crippen molar-refractivity contribution in [1.82, 2.24) is 14.8 Å². The van der Waals surface area contributed by atoms with Crippen molar-refractivity contribution in [3.8, 4) is 0 Å². The Labute approximate surface area is 174 Å². The van der Waals surface area contributed by atoms with E-state index in [0.717, 1.165) is 25.9 Å². The van der Waals surface area contributed by atoms with Gasteiger partial charge in [0.2, 0.25) is 5.91 Å². The molecule has 3 rings (SSSR count). The number of anilines is 1. The van der Waals surface area contributed by atoms with Crippen LogP contribution in [0.1, 0.15) is 33.6 Å². The van der Waals surface area contributed by atoms with Gasteiger partial charge in [0, 0.05) is 44.6 Å². The van der Waals surface area contributed by atoms with E-state index in [1.165, 1.54) is 16.7 Å². The lowest BCUT2D eigenvalue weighted by Crippen LogP contribution is -2.27. The van der Waals surface area contributed by atoms with Crippen LogP contribution in [0.15, 0.2) is 47.6 Å². The third-order valence-electron chi connectivity index (χ3n) is 4.55. The maximum atomic E-state index is 12.3. The fourth-order valence-electron chi connectivity index (χ4n) is 2.99. The lowest BCUT2D eigenvalue weighted by molar-refractivity contribution is -0.113. The third-order valence-corrected chi connectivity index (χ3v) is 5.49. The molecule has 0 aliphatic carbocycles. The summed E-state index contributed by atoms with van der Waals surface area (Å²) in [5, 5.41) is 3.49. The summed E-state index contributed by atoms with van der Waals surface area (Å²) < 4.78 is 0. The monoisotopic (exact) mass is 412 g/mol. The van der Waals surface area contributed by atoms with Gasteiger partial charge in [-0.05, 0) is 49.2 Å². The number of carbonyl (C=O) groups excluding carboxylic acids is 3. The standard InChI is InChI=1S/C21H24N4O3S/c1-24(2)20(27)15-5-8-17(9-6-15)23-18(26)14-29-19-10-7-16(13-22-19)21(28)25-11-3-4-12-25/h5-10,13H,3-4,11-12,14H2,1-2H3,(H,23,26). The summed E-state index contributed by atoms with van der Waals surface area (Å²) in [4.78, 5) is 44.0. The van der Waals surface area contributed by atoms with Crippen LogP contribution >= 0.6 is 11.8 Å². The zero-order valence-electron chi connectivity index (χ0n) is 16.6. The molecule has 2 heterocycles. The van der Waals surface area contributed by atoms with Crippen LogP contribution in [0.2, 0.25) is 0 Å². The van der Waals surface area contributed by atoms with Crippen molar-refractivity contribution < 1.29 is 14.4 Å². The number of hydrogen-bond donors (Lipinski definition) is 1. The average Bonchev–Trinajstić information content (AvgIpc) is 3.27. The molecule has 1 aromatic carbocycles. The summed E-state index contributed by atoms with van der Waals surface area (Å²) in [5.74, 6) is -0.0394. The Hall–Kier alpha value is -2.87. The van der Waals surface area contributed by atoms with Gasteiger partial charge in [0.1, 0.15) is 0 Å². The van der Waals surface area contributed by atoms with Gasteiger partial charge in [0.15, 0.2) is 0 Å². The Morgan fingerprint density at radius 1 is 1.03 bits per heavy atom. The van der Waals surface area contributed by atoms with Gasteiger partial charge >= 0.3 is 0 Å². The van der Waals surface area contributed by atoms with Crippen molar-refractivity contribution in [2.75, 3.05) is 38.3 Å². The first kappa shape index (κ1) is 20.9. The molecule has 7 nitrogen and oxygen atoms in total. The first-order valence-corrected chi connectivity index (χ1v) is 10.4. The van der Waals surface area contributed by atoms with Crippen LogP contribution in [0.4, 0.5) is 5.69 Å². The number of amides is 3. The number of nitrogens with zero attached hydrogens (tertiary/aromatic N) is 3. The number of nitrogens with one attached hydrogen (secondary N) is 1. The molecular formula is C21H24N4O3S. The number of carbonyl (C=O) groups is 3. The van der Waals surface area contributed by atoms with Crippen LogP contribution in [0.5, 0.6) is 0 Å². The third kappa shape index (κ3) is 5.57. The Bertz CT molecular complexity index is 876. The molecule has 0 bridgehead atoms. The van der Waals surface area contributed by atoms with Crippen LogP contribution in [0.25, 0.3) is 0 Å². The SMILES string of the molecule is CN(C)C(=O)c1ccc(NC(=O)CSc2ccc(C(=O)N3CCCC3)cn2)cc1. The number of hydrogen-bond acceptors (Lipinski definition) is 5. The molecule has 0 unspecified atom stereocenters. The molecule has 0 spiro atoms. The number of thioether (sulfide) groups is 1. The van der Waals surface area contributed by atoms with Gasteiger partial charge in [0.05, 0.1) is 16.3 Å². The van der Waals surface area contributed by atoms with E-state index in [4.69, 9.17) is 0 Å². The van der Waals surface area contributed by atoms with Gasteiger partial charge < -0.3 is 15.1 Å². The number of benzene rings is 1. The molecule has 1 aromatic heterocycles. The molecule has 0 saturated carbocycles. The van der Waals surface area contributed by atoms with E-state index >= 15 is 0 Å². The Balaban J connectivity index is 1.49. The van der Waals surface area contributed by atoms with Crippen LogP contribution in [-0.4, -0.2) is 65.4 Å². The second-order valence-electron chi connectivity index (χ2n) is 7.00. The molecule has 1 fully saturated rings. The largest absolute Gasteiger partial charge is 0.345 e. The van der Waals surface area contributed by atoms with Gasteiger partial charge in [-0.3, -0.25) is 14.4 Å². The molecule has 1 N–H and O–H groups in total. The molecule has 1 saturated heterocycles. The molecule has 29 heavy (non-hydrogen) atoms. The maximum absolute atomic E-state index is 12.3. The van der Waals surface area contributed by atoms with Gasteiger partial charge in [0.25, 0.3) is 11.8 Å². The van der Waals surface area contributed by atoms with Gasteiger partial charge in [-0.1, -0.05) is 11.8 Å². The first-order chi connectivity index (χ1) is 13.9. The van der Waals surface area contributed by atoms with Crippen molar-refractivity contribution in [3.63, 3.8) is 0 Å². The summed E-state index contributed by atoms with van der Waals surface area (Å²) in [6, 6.07) is 10.3. The number of pyridine rings is 1. The quantitative estimate of drug-likeness (QED) is 0.738. The lowest BCUT2D eigenvalue weighted by Gasteiger charge is -2.14. The summed E-state index contributed by atoms with van der Waals surface area (Å²) in [5.41, 5.74) is 1.77. The zero-order chi connectivity index (χ0) is 20.8. The highest BCUT2D eigenvalue weighted by atomic mass is 32.2. The topological polar surface area (TPSA) is 82.6 Å². The summed E-state index contributed by atoms with van der Waals surface area (Å²) >= 11 is 1.30. The second kappa shape index (κ2) is 9.56. The molecule has 0 atom stereocenters. The summed E-state index contributed by atoms with van der Waals surface area (Å²) in [6.07, 6.45) is 3.68. The van der Waals surface area contributed by atoms with Crippen molar-refractivity contribution in [2.45, 2.75) is 17.9 Å². The minimum atomic E-state index is -0.166. The molecule has 1 aliphatic rings. The smallest absolute Gasteiger partial charge is 0.255 e. The van der Waals surface area contributed by atoms with Crippen molar-refractivity contribution >= 4 is 35.2 Å². The minimum absolute atomic E-state index is 0.0143. The highest BCUT2D eigenvalue weighted by Gasteiger charge is 2.19. The first-order valence-electron chi connectivity index (χ1n) is 9.44. The fraction of sp³-hybridized carbons (Fsp3) is 0.333. The zero-order valence-corrected chi connectivity index (χ0v) is 17.4.